The molecule has 486 valence electrons. The summed E-state index contributed by atoms with van der Waals surface area (Å²) in [6, 6.07) is 0. The number of ether oxygens (including phenoxy) is 2. The molecule has 10 heteroatoms. The molecule has 0 aliphatic heterocycles. The first-order valence-electron chi connectivity index (χ1n) is 35.8. The van der Waals surface area contributed by atoms with Gasteiger partial charge in [-0.05, 0) is 77.0 Å². The monoisotopic (exact) mass is 1190 g/mol. The lowest BCUT2D eigenvalue weighted by Gasteiger charge is -2.19. The maximum absolute atomic E-state index is 12.8. The Bertz CT molecular complexity index is 1540. The first-order valence-corrected chi connectivity index (χ1v) is 37.3. The molecule has 0 bridgehead atoms. The number of esters is 2. The molecule has 83 heavy (non-hydrogen) atoms. The Balaban J connectivity index is 3.80. The normalized spacial score (nSPS) is 13.3. The SMILES string of the molecule is CC/C=C\C/C=C\C/C=C\C/C=C\CCCCCCCCCCCCCCCCCCCCCCCCCCC(=O)OC(COC(=O)CCCCCCCCCCCCCCC/C=C\CCCCCCCCCC)COP(=O)(O)OCCN. The van der Waals surface area contributed by atoms with Crippen molar-refractivity contribution in [2.45, 2.75) is 367 Å². The molecule has 3 N–H and O–H groups in total. The molecule has 0 fully saturated rings. The van der Waals surface area contributed by atoms with Crippen molar-refractivity contribution < 1.29 is 37.6 Å². The minimum absolute atomic E-state index is 0.0550. The Morgan fingerprint density at radius 2 is 0.663 bits per heavy atom. The molecule has 0 amide bonds. The van der Waals surface area contributed by atoms with E-state index in [1.807, 2.05) is 0 Å². The van der Waals surface area contributed by atoms with Crippen LogP contribution in [0.2, 0.25) is 0 Å². The molecular weight excluding hydrogens is 1050 g/mol. The zero-order chi connectivity index (χ0) is 60.1. The second-order valence-corrected chi connectivity index (χ2v) is 25.5. The van der Waals surface area contributed by atoms with Crippen LogP contribution in [0, 0.1) is 0 Å². The molecule has 0 aromatic rings. The molecule has 0 aliphatic rings. The van der Waals surface area contributed by atoms with Gasteiger partial charge in [0.1, 0.15) is 6.61 Å². The van der Waals surface area contributed by atoms with E-state index in [2.05, 4.69) is 74.6 Å². The number of allylic oxidation sites excluding steroid dienone is 10. The topological polar surface area (TPSA) is 134 Å². The van der Waals surface area contributed by atoms with Gasteiger partial charge in [-0.2, -0.15) is 0 Å². The minimum atomic E-state index is -4.39. The lowest BCUT2D eigenvalue weighted by molar-refractivity contribution is -0.161. The van der Waals surface area contributed by atoms with Gasteiger partial charge < -0.3 is 20.1 Å². The quantitative estimate of drug-likeness (QED) is 0.0264. The van der Waals surface area contributed by atoms with Gasteiger partial charge in [0.2, 0.25) is 0 Å². The fraction of sp³-hybridized carbons (Fsp3) is 0.836. The van der Waals surface area contributed by atoms with Crippen LogP contribution in [0.5, 0.6) is 0 Å². The number of carbonyl (C=O) groups excluding carboxylic acids is 2. The first kappa shape index (κ1) is 80.7. The summed E-state index contributed by atoms with van der Waals surface area (Å²) >= 11 is 0. The Morgan fingerprint density at radius 3 is 1.00 bits per heavy atom. The largest absolute Gasteiger partial charge is 0.472 e. The van der Waals surface area contributed by atoms with Crippen LogP contribution >= 0.6 is 7.82 Å². The van der Waals surface area contributed by atoms with Crippen molar-refractivity contribution in [3.8, 4) is 0 Å². The van der Waals surface area contributed by atoms with Crippen molar-refractivity contribution in [2.24, 2.45) is 5.73 Å². The molecule has 0 heterocycles. The van der Waals surface area contributed by atoms with Crippen molar-refractivity contribution in [2.75, 3.05) is 26.4 Å². The van der Waals surface area contributed by atoms with Crippen LogP contribution in [0.15, 0.2) is 60.8 Å². The summed E-state index contributed by atoms with van der Waals surface area (Å²) in [7, 11) is -4.39. The van der Waals surface area contributed by atoms with E-state index in [-0.39, 0.29) is 38.6 Å². The predicted octanol–water partition coefficient (Wildman–Crippen LogP) is 23.4. The van der Waals surface area contributed by atoms with E-state index in [9.17, 15) is 19.0 Å². The summed E-state index contributed by atoms with van der Waals surface area (Å²) in [5, 5.41) is 0. The average Bonchev–Trinajstić information content (AvgIpc) is 3.49. The second kappa shape index (κ2) is 68.8. The Labute approximate surface area is 514 Å². The van der Waals surface area contributed by atoms with Gasteiger partial charge in [0, 0.05) is 19.4 Å². The zero-order valence-corrected chi connectivity index (χ0v) is 55.6. The Hall–Kier alpha value is -2.29. The molecule has 0 aromatic carbocycles. The fourth-order valence-corrected chi connectivity index (χ4v) is 11.4. The van der Waals surface area contributed by atoms with Gasteiger partial charge in [-0.3, -0.25) is 18.6 Å². The van der Waals surface area contributed by atoms with Crippen LogP contribution in [0.3, 0.4) is 0 Å². The minimum Gasteiger partial charge on any atom is -0.462 e. The van der Waals surface area contributed by atoms with Crippen molar-refractivity contribution >= 4 is 19.8 Å². The number of phosphoric acid groups is 1. The maximum Gasteiger partial charge on any atom is 0.472 e. The summed E-state index contributed by atoms with van der Waals surface area (Å²) in [4.78, 5) is 35.4. The summed E-state index contributed by atoms with van der Waals surface area (Å²) in [5.74, 6) is -0.808. The third-order valence-corrected chi connectivity index (χ3v) is 16.9. The van der Waals surface area contributed by atoms with Gasteiger partial charge in [0.25, 0.3) is 0 Å². The van der Waals surface area contributed by atoms with Crippen LogP contribution < -0.4 is 5.73 Å². The van der Waals surface area contributed by atoms with E-state index >= 15 is 0 Å². The van der Waals surface area contributed by atoms with Crippen molar-refractivity contribution in [3.05, 3.63) is 60.8 Å². The fourth-order valence-electron chi connectivity index (χ4n) is 10.6. The van der Waals surface area contributed by atoms with Gasteiger partial charge in [0.05, 0.1) is 13.2 Å². The molecule has 0 rings (SSSR count). The van der Waals surface area contributed by atoms with Gasteiger partial charge >= 0.3 is 19.8 Å². The van der Waals surface area contributed by atoms with Crippen LogP contribution in [0.1, 0.15) is 361 Å². The molecule has 0 radical (unpaired) electrons. The van der Waals surface area contributed by atoms with E-state index in [1.165, 1.54) is 270 Å². The highest BCUT2D eigenvalue weighted by Crippen LogP contribution is 2.43. The summed E-state index contributed by atoms with van der Waals surface area (Å²) < 4.78 is 33.2. The summed E-state index contributed by atoms with van der Waals surface area (Å²) in [5.41, 5.74) is 5.40. The Morgan fingerprint density at radius 1 is 0.373 bits per heavy atom. The molecule has 0 saturated heterocycles. The van der Waals surface area contributed by atoms with Crippen molar-refractivity contribution in [1.29, 1.82) is 0 Å². The number of phosphoric ester groups is 1. The molecule has 2 unspecified atom stereocenters. The van der Waals surface area contributed by atoms with Crippen LogP contribution in [-0.4, -0.2) is 49.3 Å². The second-order valence-electron chi connectivity index (χ2n) is 24.1. The van der Waals surface area contributed by atoms with Crippen molar-refractivity contribution in [1.82, 2.24) is 0 Å². The third kappa shape index (κ3) is 68.7. The molecule has 0 spiro atoms. The third-order valence-electron chi connectivity index (χ3n) is 15.9. The molecule has 2 atom stereocenters. The number of hydrogen-bond donors (Lipinski definition) is 2. The van der Waals surface area contributed by atoms with E-state index in [1.54, 1.807) is 0 Å². The lowest BCUT2D eigenvalue weighted by atomic mass is 10.0. The van der Waals surface area contributed by atoms with Crippen LogP contribution in [-0.2, 0) is 32.7 Å². The molecular formula is C73H136NO8P. The maximum atomic E-state index is 12.8. The highest BCUT2D eigenvalue weighted by molar-refractivity contribution is 7.47. The predicted molar refractivity (Wildman–Crippen MR) is 358 cm³/mol. The van der Waals surface area contributed by atoms with Gasteiger partial charge in [-0.1, -0.05) is 331 Å². The number of rotatable bonds is 68. The molecule has 0 aliphatic carbocycles. The molecule has 0 aromatic heterocycles. The highest BCUT2D eigenvalue weighted by atomic mass is 31.2. The van der Waals surface area contributed by atoms with Gasteiger partial charge in [-0.25, -0.2) is 4.57 Å². The highest BCUT2D eigenvalue weighted by Gasteiger charge is 2.26. The standard InChI is InChI=1S/C73H136NO8P/c1-3-5-7-9-11-13-15-17-19-21-23-25-27-29-30-31-32-33-34-35-36-37-38-39-40-42-44-46-48-50-52-54-56-58-60-62-64-66-73(76)82-71(70-81-83(77,78)80-68-67-74)69-79-72(75)65-63-61-59-57-55-53-51-49-47-45-43-41-28-26-24-22-20-18-16-14-12-10-8-6-4-2/h5,7,11,13,17,19,22-25,71H,3-4,6,8-10,12,14-16,18,20-21,26-70,74H2,1-2H3,(H,77,78)/b7-5-,13-11-,19-17-,24-22-,25-23-. The summed E-state index contributed by atoms with van der Waals surface area (Å²) in [6.07, 6.45) is 89.0. The number of hydrogen-bond acceptors (Lipinski definition) is 8. The van der Waals surface area contributed by atoms with E-state index in [4.69, 9.17) is 24.3 Å². The van der Waals surface area contributed by atoms with Gasteiger partial charge in [-0.15, -0.1) is 0 Å². The van der Waals surface area contributed by atoms with Crippen LogP contribution in [0.25, 0.3) is 0 Å². The zero-order valence-electron chi connectivity index (χ0n) is 54.7. The first-order chi connectivity index (χ1) is 40.8. The lowest BCUT2D eigenvalue weighted by Crippen LogP contribution is -2.29. The average molecular weight is 1190 g/mol. The smallest absolute Gasteiger partial charge is 0.462 e. The molecule has 0 saturated carbocycles. The molecule has 9 nitrogen and oxygen atoms in total. The van der Waals surface area contributed by atoms with Crippen molar-refractivity contribution in [3.63, 3.8) is 0 Å². The number of carbonyl (C=O) groups is 2. The van der Waals surface area contributed by atoms with Gasteiger partial charge in [0.15, 0.2) is 6.10 Å². The Kier molecular flexibility index (Phi) is 66.9. The number of unbranched alkanes of at least 4 members (excludes halogenated alkanes) is 45. The van der Waals surface area contributed by atoms with E-state index < -0.39 is 26.5 Å². The van der Waals surface area contributed by atoms with Crippen LogP contribution in [0.4, 0.5) is 0 Å². The van der Waals surface area contributed by atoms with E-state index in [0.29, 0.717) is 6.42 Å². The summed E-state index contributed by atoms with van der Waals surface area (Å²) in [6.45, 7) is 3.69. The van der Waals surface area contributed by atoms with E-state index in [0.717, 1.165) is 57.8 Å². The number of nitrogens with two attached hydrogens (primary N) is 1.